The molecule has 0 radical (unpaired) electrons. The maximum atomic E-state index is 12.6. The third-order valence-electron chi connectivity index (χ3n) is 7.01. The molecule has 0 spiro atoms. The number of nitrogens with two attached hydrogens (primary N) is 1. The van der Waals surface area contributed by atoms with Crippen molar-refractivity contribution >= 4 is 29.1 Å². The third-order valence-corrected chi connectivity index (χ3v) is 7.75. The van der Waals surface area contributed by atoms with Gasteiger partial charge >= 0.3 is 0 Å². The minimum atomic E-state index is -0.104. The number of nitrogens with one attached hydrogen (secondary N) is 1. The van der Waals surface area contributed by atoms with Gasteiger partial charge in [-0.1, -0.05) is 35.3 Å². The van der Waals surface area contributed by atoms with Crippen molar-refractivity contribution in [3.05, 3.63) is 63.1 Å². The average molecular weight is 490 g/mol. The molecule has 2 aromatic rings. The van der Waals surface area contributed by atoms with E-state index in [1.807, 2.05) is 0 Å². The Morgan fingerprint density at radius 1 is 1.09 bits per heavy atom. The molecule has 3 N–H and O–H groups in total. The second-order valence-corrected chi connectivity index (χ2v) is 10.1. The van der Waals surface area contributed by atoms with Crippen molar-refractivity contribution in [1.82, 2.24) is 10.2 Å². The Bertz CT molecular complexity index is 976. The Labute approximate surface area is 206 Å². The van der Waals surface area contributed by atoms with Gasteiger partial charge in [0.25, 0.3) is 5.91 Å². The van der Waals surface area contributed by atoms with E-state index in [-0.39, 0.29) is 11.9 Å². The lowest BCUT2D eigenvalue weighted by molar-refractivity contribution is 0.0938. The van der Waals surface area contributed by atoms with Gasteiger partial charge in [0.05, 0.1) is 17.2 Å². The number of methoxy groups -OCH3 is 1. The van der Waals surface area contributed by atoms with Gasteiger partial charge in [0.2, 0.25) is 0 Å². The van der Waals surface area contributed by atoms with Crippen molar-refractivity contribution in [1.29, 1.82) is 0 Å². The van der Waals surface area contributed by atoms with Gasteiger partial charge in [-0.25, -0.2) is 0 Å². The molecule has 1 heterocycles. The van der Waals surface area contributed by atoms with E-state index in [2.05, 4.69) is 28.4 Å². The van der Waals surface area contributed by atoms with Gasteiger partial charge in [-0.3, -0.25) is 4.79 Å². The Morgan fingerprint density at radius 2 is 1.88 bits per heavy atom. The van der Waals surface area contributed by atoms with Crippen molar-refractivity contribution < 1.29 is 9.53 Å². The number of halogens is 2. The molecular weight excluding hydrogens is 457 g/mol. The van der Waals surface area contributed by atoms with Crippen LogP contribution in [0, 0.1) is 0 Å². The predicted octanol–water partition coefficient (Wildman–Crippen LogP) is 5.03. The van der Waals surface area contributed by atoms with Crippen LogP contribution in [0.25, 0.3) is 0 Å². The highest BCUT2D eigenvalue weighted by Crippen LogP contribution is 2.37. The fraction of sp³-hybridized carbons (Fsp3) is 0.500. The van der Waals surface area contributed by atoms with Crippen LogP contribution in [0.5, 0.6) is 5.75 Å². The fourth-order valence-electron chi connectivity index (χ4n) is 5.04. The van der Waals surface area contributed by atoms with Crippen molar-refractivity contribution in [2.24, 2.45) is 5.73 Å². The van der Waals surface area contributed by atoms with Crippen LogP contribution in [-0.2, 0) is 6.42 Å². The summed E-state index contributed by atoms with van der Waals surface area (Å²) in [5.41, 5.74) is 9.31. The quantitative estimate of drug-likeness (QED) is 0.571. The molecule has 1 saturated carbocycles. The number of hydrogen-bond donors (Lipinski definition) is 2. The van der Waals surface area contributed by atoms with E-state index < -0.39 is 0 Å². The second kappa shape index (κ2) is 11.1. The van der Waals surface area contributed by atoms with Crippen LogP contribution in [0.3, 0.4) is 0 Å². The summed E-state index contributed by atoms with van der Waals surface area (Å²) in [4.78, 5) is 15.0. The van der Waals surface area contributed by atoms with Crippen LogP contribution in [0.2, 0.25) is 10.0 Å². The monoisotopic (exact) mass is 489 g/mol. The number of likely N-dealkylation sites (tertiary alicyclic amines) is 1. The summed E-state index contributed by atoms with van der Waals surface area (Å²) < 4.78 is 5.66. The molecule has 1 aliphatic heterocycles. The molecule has 5 nitrogen and oxygen atoms in total. The number of rotatable bonds is 7. The van der Waals surface area contributed by atoms with Gasteiger partial charge in [0.15, 0.2) is 0 Å². The second-order valence-electron chi connectivity index (χ2n) is 9.33. The molecule has 178 valence electrons. The van der Waals surface area contributed by atoms with E-state index in [1.165, 1.54) is 11.1 Å². The Morgan fingerprint density at radius 3 is 2.61 bits per heavy atom. The van der Waals surface area contributed by atoms with Gasteiger partial charge in [0.1, 0.15) is 5.75 Å². The van der Waals surface area contributed by atoms with Gasteiger partial charge in [-0.15, -0.1) is 0 Å². The highest BCUT2D eigenvalue weighted by Gasteiger charge is 2.25. The maximum absolute atomic E-state index is 12.6. The number of carbonyl (C=O) groups excluding carboxylic acids is 1. The van der Waals surface area contributed by atoms with Crippen molar-refractivity contribution in [2.45, 2.75) is 56.5 Å². The first-order valence-corrected chi connectivity index (χ1v) is 12.6. The first-order valence-electron chi connectivity index (χ1n) is 11.8. The molecule has 0 bridgehead atoms. The van der Waals surface area contributed by atoms with Crippen LogP contribution >= 0.6 is 23.2 Å². The highest BCUT2D eigenvalue weighted by molar-refractivity contribution is 6.42. The van der Waals surface area contributed by atoms with Gasteiger partial charge in [-0.2, -0.15) is 0 Å². The molecule has 1 aliphatic carbocycles. The van der Waals surface area contributed by atoms with E-state index in [9.17, 15) is 4.79 Å². The number of carbonyl (C=O) groups is 1. The molecule has 1 atom stereocenters. The van der Waals surface area contributed by atoms with E-state index in [1.54, 1.807) is 25.3 Å². The molecular formula is C26H33Cl2N3O2. The van der Waals surface area contributed by atoms with Gasteiger partial charge in [-0.05, 0) is 79.8 Å². The van der Waals surface area contributed by atoms with Crippen LogP contribution in [0.4, 0.5) is 0 Å². The van der Waals surface area contributed by atoms with E-state index in [0.717, 1.165) is 63.9 Å². The molecule has 2 aliphatic rings. The molecule has 33 heavy (non-hydrogen) atoms. The summed E-state index contributed by atoms with van der Waals surface area (Å²) in [5, 5.41) is 3.98. The summed E-state index contributed by atoms with van der Waals surface area (Å²) >= 11 is 12.0. The summed E-state index contributed by atoms with van der Waals surface area (Å²) in [6.45, 7) is 2.81. The minimum Gasteiger partial charge on any atom is -0.496 e. The number of benzene rings is 2. The Balaban J connectivity index is 1.30. The zero-order chi connectivity index (χ0) is 23.4. The van der Waals surface area contributed by atoms with E-state index in [4.69, 9.17) is 33.7 Å². The predicted molar refractivity (Wildman–Crippen MR) is 135 cm³/mol. The standard InChI is InChI=1S/C26H33Cl2N3O2/c1-33-25-9-2-17(14-22(25)18-3-6-20(29)7-4-18)10-12-31-13-11-21(16-31)30-26(32)19-5-8-23(27)24(28)15-19/h2,5,8-9,14-15,18,20-21H,3-4,6-7,10-13,16,29H2,1H3,(H,30,32)/t18?,20?,21-/m0/s1. The molecule has 0 unspecified atom stereocenters. The smallest absolute Gasteiger partial charge is 0.251 e. The summed E-state index contributed by atoms with van der Waals surface area (Å²) in [6, 6.07) is 12.1. The van der Waals surface area contributed by atoms with Crippen LogP contribution in [0.1, 0.15) is 59.5 Å². The maximum Gasteiger partial charge on any atom is 0.251 e. The zero-order valence-electron chi connectivity index (χ0n) is 19.2. The van der Waals surface area contributed by atoms with Gasteiger partial charge < -0.3 is 20.7 Å². The number of ether oxygens (including phenoxy) is 1. The Kier molecular flexibility index (Phi) is 8.18. The normalized spacial score (nSPS) is 23.5. The fourth-order valence-corrected chi connectivity index (χ4v) is 5.33. The minimum absolute atomic E-state index is 0.104. The summed E-state index contributed by atoms with van der Waals surface area (Å²) in [7, 11) is 1.75. The highest BCUT2D eigenvalue weighted by atomic mass is 35.5. The van der Waals surface area contributed by atoms with Crippen molar-refractivity contribution in [3.63, 3.8) is 0 Å². The largest absolute Gasteiger partial charge is 0.496 e. The van der Waals surface area contributed by atoms with Crippen LogP contribution in [0.15, 0.2) is 36.4 Å². The number of hydrogen-bond acceptors (Lipinski definition) is 4. The molecule has 2 fully saturated rings. The lowest BCUT2D eigenvalue weighted by atomic mass is 9.81. The average Bonchev–Trinajstić information content (AvgIpc) is 3.27. The molecule has 1 amide bonds. The number of nitrogens with zero attached hydrogens (tertiary/aromatic N) is 1. The van der Waals surface area contributed by atoms with E-state index >= 15 is 0 Å². The van der Waals surface area contributed by atoms with Crippen molar-refractivity contribution in [3.8, 4) is 5.75 Å². The lowest BCUT2D eigenvalue weighted by Gasteiger charge is -2.28. The molecule has 2 aromatic carbocycles. The SMILES string of the molecule is COc1ccc(CCN2CC[C@H](NC(=O)c3ccc(Cl)c(Cl)c3)C2)cc1C1CCC(N)CC1. The first-order chi connectivity index (χ1) is 15.9. The van der Waals surface area contributed by atoms with Crippen LogP contribution < -0.4 is 15.8 Å². The van der Waals surface area contributed by atoms with Crippen molar-refractivity contribution in [2.75, 3.05) is 26.7 Å². The molecule has 1 saturated heterocycles. The lowest BCUT2D eigenvalue weighted by Crippen LogP contribution is -2.37. The zero-order valence-corrected chi connectivity index (χ0v) is 20.7. The van der Waals surface area contributed by atoms with Crippen LogP contribution in [-0.4, -0.2) is 49.6 Å². The number of amides is 1. The first kappa shape index (κ1) is 24.3. The molecule has 0 aromatic heterocycles. The summed E-state index contributed by atoms with van der Waals surface area (Å²) in [6.07, 6.45) is 6.36. The third kappa shape index (κ3) is 6.21. The summed E-state index contributed by atoms with van der Waals surface area (Å²) in [5.74, 6) is 1.42. The molecule has 7 heteroatoms. The molecule has 4 rings (SSSR count). The van der Waals surface area contributed by atoms with E-state index in [0.29, 0.717) is 27.6 Å². The topological polar surface area (TPSA) is 67.6 Å². The van der Waals surface area contributed by atoms with Gasteiger partial charge in [0, 0.05) is 37.3 Å². The Hall–Kier alpha value is -1.79.